The minimum Gasteiger partial charge on any atom is -0.497 e. The standard InChI is InChI=1S/C23H22N4O5/c1-4-31-18-8-6-5-7-17(18)24-19(28)13-27-23(29)22-20(14(2)32-26-22)21(25-27)15-9-11-16(30-3)12-10-15/h5-12H,4,13H2,1-3H3,(H,24,28). The number of aromatic nitrogens is 3. The third-order valence-corrected chi connectivity index (χ3v) is 4.88. The molecule has 0 bridgehead atoms. The normalized spacial score (nSPS) is 10.8. The molecule has 0 fully saturated rings. The van der Waals surface area contributed by atoms with Gasteiger partial charge in [0.2, 0.25) is 5.91 Å². The lowest BCUT2D eigenvalue weighted by molar-refractivity contribution is -0.117. The molecule has 0 saturated heterocycles. The second-order valence-electron chi connectivity index (χ2n) is 6.98. The Hall–Kier alpha value is -4.14. The number of ether oxygens (including phenoxy) is 2. The fourth-order valence-corrected chi connectivity index (χ4v) is 3.37. The first-order chi connectivity index (χ1) is 15.5. The van der Waals surface area contributed by atoms with Gasteiger partial charge < -0.3 is 19.3 Å². The van der Waals surface area contributed by atoms with Crippen molar-refractivity contribution in [3.05, 3.63) is 64.6 Å². The Bertz CT molecular complexity index is 1320. The third kappa shape index (κ3) is 4.04. The van der Waals surface area contributed by atoms with Gasteiger partial charge in [0, 0.05) is 5.56 Å². The number of benzene rings is 2. The van der Waals surface area contributed by atoms with Crippen LogP contribution in [0.25, 0.3) is 22.2 Å². The third-order valence-electron chi connectivity index (χ3n) is 4.88. The zero-order chi connectivity index (χ0) is 22.7. The molecule has 4 rings (SSSR count). The average molecular weight is 434 g/mol. The maximum Gasteiger partial charge on any atom is 0.297 e. The van der Waals surface area contributed by atoms with E-state index in [1.165, 1.54) is 0 Å². The summed E-state index contributed by atoms with van der Waals surface area (Å²) in [5.41, 5.74) is 1.34. The van der Waals surface area contributed by atoms with Gasteiger partial charge in [0.25, 0.3) is 5.56 Å². The predicted molar refractivity (Wildman–Crippen MR) is 119 cm³/mol. The highest BCUT2D eigenvalue weighted by atomic mass is 16.5. The Morgan fingerprint density at radius 3 is 2.62 bits per heavy atom. The molecule has 164 valence electrons. The molecule has 0 atom stereocenters. The number of hydrogen-bond donors (Lipinski definition) is 1. The molecule has 0 saturated carbocycles. The lowest BCUT2D eigenvalue weighted by Crippen LogP contribution is -2.30. The van der Waals surface area contributed by atoms with Gasteiger partial charge in [-0.25, -0.2) is 4.68 Å². The molecule has 2 aromatic carbocycles. The van der Waals surface area contributed by atoms with Crippen LogP contribution in [0.4, 0.5) is 5.69 Å². The van der Waals surface area contributed by atoms with Crippen molar-refractivity contribution in [2.45, 2.75) is 20.4 Å². The molecule has 0 radical (unpaired) electrons. The van der Waals surface area contributed by atoms with Crippen LogP contribution in [0.3, 0.4) is 0 Å². The van der Waals surface area contributed by atoms with Crippen molar-refractivity contribution < 1.29 is 18.8 Å². The van der Waals surface area contributed by atoms with Crippen LogP contribution in [0.5, 0.6) is 11.5 Å². The minimum atomic E-state index is -0.512. The van der Waals surface area contributed by atoms with Crippen molar-refractivity contribution in [3.8, 4) is 22.8 Å². The zero-order valence-electron chi connectivity index (χ0n) is 17.9. The van der Waals surface area contributed by atoms with Crippen LogP contribution < -0.4 is 20.3 Å². The predicted octanol–water partition coefficient (Wildman–Crippen LogP) is 3.41. The van der Waals surface area contributed by atoms with Gasteiger partial charge in [-0.3, -0.25) is 9.59 Å². The number of amides is 1. The number of rotatable bonds is 7. The van der Waals surface area contributed by atoms with Crippen LogP contribution in [-0.4, -0.2) is 34.6 Å². The molecule has 0 spiro atoms. The van der Waals surface area contributed by atoms with Gasteiger partial charge in [-0.05, 0) is 50.2 Å². The molecular weight excluding hydrogens is 412 g/mol. The first-order valence-corrected chi connectivity index (χ1v) is 10.0. The maximum absolute atomic E-state index is 12.9. The van der Waals surface area contributed by atoms with Gasteiger partial charge in [0.05, 0.1) is 24.8 Å². The second-order valence-corrected chi connectivity index (χ2v) is 6.98. The minimum absolute atomic E-state index is 0.117. The summed E-state index contributed by atoms with van der Waals surface area (Å²) in [6.07, 6.45) is 0. The molecule has 32 heavy (non-hydrogen) atoms. The Balaban J connectivity index is 1.71. The Labute approximate surface area is 183 Å². The molecule has 2 aromatic heterocycles. The summed E-state index contributed by atoms with van der Waals surface area (Å²) >= 11 is 0. The van der Waals surface area contributed by atoms with Crippen LogP contribution in [-0.2, 0) is 11.3 Å². The Morgan fingerprint density at radius 2 is 1.91 bits per heavy atom. The molecular formula is C23H22N4O5. The van der Waals surface area contributed by atoms with Gasteiger partial charge in [-0.15, -0.1) is 0 Å². The SMILES string of the molecule is CCOc1ccccc1NC(=O)Cn1nc(-c2ccc(OC)cc2)c2c(C)onc2c1=O. The van der Waals surface area contributed by atoms with E-state index in [4.69, 9.17) is 14.0 Å². The van der Waals surface area contributed by atoms with Gasteiger partial charge >= 0.3 is 0 Å². The fourth-order valence-electron chi connectivity index (χ4n) is 3.37. The second kappa shape index (κ2) is 8.93. The largest absolute Gasteiger partial charge is 0.497 e. The molecule has 4 aromatic rings. The summed E-state index contributed by atoms with van der Waals surface area (Å²) < 4.78 is 17.1. The molecule has 0 aliphatic rings. The van der Waals surface area contributed by atoms with E-state index in [2.05, 4.69) is 15.6 Å². The molecule has 1 amide bonds. The lowest BCUT2D eigenvalue weighted by atomic mass is 10.1. The zero-order valence-corrected chi connectivity index (χ0v) is 17.9. The van der Waals surface area contributed by atoms with E-state index >= 15 is 0 Å². The highest BCUT2D eigenvalue weighted by molar-refractivity contribution is 5.94. The van der Waals surface area contributed by atoms with Crippen molar-refractivity contribution in [2.75, 3.05) is 19.0 Å². The highest BCUT2D eigenvalue weighted by Crippen LogP contribution is 2.28. The van der Waals surface area contributed by atoms with Crippen molar-refractivity contribution >= 4 is 22.5 Å². The van der Waals surface area contributed by atoms with E-state index in [0.29, 0.717) is 40.6 Å². The number of carbonyl (C=O) groups excluding carboxylic acids is 1. The van der Waals surface area contributed by atoms with Gasteiger partial charge in [0.15, 0.2) is 5.52 Å². The average Bonchev–Trinajstić information content (AvgIpc) is 3.19. The van der Waals surface area contributed by atoms with Crippen LogP contribution in [0.2, 0.25) is 0 Å². The van der Waals surface area contributed by atoms with E-state index in [-0.39, 0.29) is 12.1 Å². The molecule has 2 heterocycles. The molecule has 9 heteroatoms. The molecule has 0 aliphatic heterocycles. The highest BCUT2D eigenvalue weighted by Gasteiger charge is 2.20. The Kier molecular flexibility index (Phi) is 5.89. The van der Waals surface area contributed by atoms with Crippen molar-refractivity contribution in [1.82, 2.24) is 14.9 Å². The summed E-state index contributed by atoms with van der Waals surface area (Å²) in [6.45, 7) is 3.73. The number of nitrogens with zero attached hydrogens (tertiary/aromatic N) is 3. The molecule has 9 nitrogen and oxygen atoms in total. The van der Waals surface area contributed by atoms with Gasteiger partial charge in [-0.2, -0.15) is 5.10 Å². The maximum atomic E-state index is 12.9. The van der Waals surface area contributed by atoms with Crippen LogP contribution >= 0.6 is 0 Å². The van der Waals surface area contributed by atoms with E-state index in [0.717, 1.165) is 10.2 Å². The quantitative estimate of drug-likeness (QED) is 0.475. The summed E-state index contributed by atoms with van der Waals surface area (Å²) in [7, 11) is 1.58. The first-order valence-electron chi connectivity index (χ1n) is 10.0. The monoisotopic (exact) mass is 434 g/mol. The first kappa shape index (κ1) is 21.1. The molecule has 0 aliphatic carbocycles. The number of nitrogens with one attached hydrogen (secondary N) is 1. The summed E-state index contributed by atoms with van der Waals surface area (Å²) in [5, 5.41) is 11.7. The van der Waals surface area contributed by atoms with Crippen LogP contribution in [0.1, 0.15) is 12.7 Å². The van der Waals surface area contributed by atoms with Crippen LogP contribution in [0, 0.1) is 6.92 Å². The molecule has 0 unspecified atom stereocenters. The van der Waals surface area contributed by atoms with E-state index in [1.54, 1.807) is 44.4 Å². The number of para-hydroxylation sites is 2. The van der Waals surface area contributed by atoms with Gasteiger partial charge in [-0.1, -0.05) is 17.3 Å². The van der Waals surface area contributed by atoms with E-state index in [1.807, 2.05) is 25.1 Å². The number of hydrogen-bond acceptors (Lipinski definition) is 7. The molecule has 1 N–H and O–H groups in total. The smallest absolute Gasteiger partial charge is 0.297 e. The number of aryl methyl sites for hydroxylation is 1. The number of anilines is 1. The van der Waals surface area contributed by atoms with Crippen LogP contribution in [0.15, 0.2) is 57.8 Å². The fraction of sp³-hybridized carbons (Fsp3) is 0.217. The van der Waals surface area contributed by atoms with E-state index in [9.17, 15) is 9.59 Å². The summed E-state index contributed by atoms with van der Waals surface area (Å²) in [4.78, 5) is 25.7. The number of carbonyl (C=O) groups is 1. The van der Waals surface area contributed by atoms with Crippen molar-refractivity contribution in [3.63, 3.8) is 0 Å². The van der Waals surface area contributed by atoms with Gasteiger partial charge in [0.1, 0.15) is 29.5 Å². The van der Waals surface area contributed by atoms with Crippen molar-refractivity contribution in [1.29, 1.82) is 0 Å². The summed E-state index contributed by atoms with van der Waals surface area (Å²) in [5.74, 6) is 1.28. The number of methoxy groups -OCH3 is 1. The topological polar surface area (TPSA) is 108 Å². The lowest BCUT2D eigenvalue weighted by Gasteiger charge is -2.12. The van der Waals surface area contributed by atoms with Crippen molar-refractivity contribution in [2.24, 2.45) is 0 Å². The number of fused-ring (bicyclic) bond motifs is 1. The Morgan fingerprint density at radius 1 is 1.16 bits per heavy atom. The van der Waals surface area contributed by atoms with E-state index < -0.39 is 11.5 Å². The summed E-state index contributed by atoms with van der Waals surface area (Å²) in [6, 6.07) is 14.3.